The van der Waals surface area contributed by atoms with E-state index in [4.69, 9.17) is 0 Å². The minimum Gasteiger partial charge on any atom is -0.363 e. The second-order valence-corrected chi connectivity index (χ2v) is 13.2. The number of aromatic nitrogens is 2. The van der Waals surface area contributed by atoms with E-state index in [0.717, 1.165) is 45.6 Å². The Labute approximate surface area is 229 Å². The van der Waals surface area contributed by atoms with Crippen LogP contribution in [0.5, 0.6) is 0 Å². The maximum Gasteiger partial charge on any atom is 0.410 e. The molecule has 10 heteroatoms. The molecule has 1 amide bonds. The van der Waals surface area contributed by atoms with Gasteiger partial charge in [0.1, 0.15) is 11.4 Å². The fraction of sp³-hybridized carbons (Fsp3) is 0.643. The maximum absolute atomic E-state index is 14.1. The van der Waals surface area contributed by atoms with Crippen LogP contribution in [0, 0.1) is 17.8 Å². The van der Waals surface area contributed by atoms with E-state index in [1.54, 1.807) is 0 Å². The Bertz CT molecular complexity index is 1180. The Morgan fingerprint density at radius 3 is 2.13 bits per heavy atom. The monoisotopic (exact) mass is 591 g/mol. The van der Waals surface area contributed by atoms with Crippen LogP contribution in [0.15, 0.2) is 34.9 Å². The van der Waals surface area contributed by atoms with Crippen molar-refractivity contribution in [1.82, 2.24) is 19.6 Å². The molecule has 1 aromatic carbocycles. The van der Waals surface area contributed by atoms with Gasteiger partial charge in [-0.3, -0.25) is 9.69 Å². The lowest BCUT2D eigenvalue weighted by molar-refractivity contribution is -0.173. The van der Waals surface area contributed by atoms with Gasteiger partial charge < -0.3 is 10.2 Å². The molecule has 38 heavy (non-hydrogen) atoms. The Kier molecular flexibility index (Phi) is 5.89. The Morgan fingerprint density at radius 1 is 0.947 bits per heavy atom. The molecule has 204 valence electrons. The van der Waals surface area contributed by atoms with E-state index in [-0.39, 0.29) is 23.7 Å². The number of carbonyl (C=O) groups excluding carboxylic acids is 1. The fourth-order valence-corrected chi connectivity index (χ4v) is 8.90. The van der Waals surface area contributed by atoms with Crippen LogP contribution in [-0.4, -0.2) is 63.4 Å². The number of amides is 1. The number of rotatable bonds is 3. The minimum atomic E-state index is -4.47. The van der Waals surface area contributed by atoms with Crippen molar-refractivity contribution in [1.29, 1.82) is 0 Å². The van der Waals surface area contributed by atoms with Gasteiger partial charge in [-0.1, -0.05) is 28.1 Å². The van der Waals surface area contributed by atoms with Gasteiger partial charge in [-0.05, 0) is 74.0 Å². The predicted octanol–water partition coefficient (Wildman–Crippen LogP) is 6.03. The molecule has 1 N–H and O–H groups in total. The number of nitrogens with one attached hydrogen (secondary N) is 1. The summed E-state index contributed by atoms with van der Waals surface area (Å²) in [5, 5.41) is 7.30. The Morgan fingerprint density at radius 2 is 1.55 bits per heavy atom. The van der Waals surface area contributed by atoms with E-state index in [0.29, 0.717) is 18.6 Å². The van der Waals surface area contributed by atoms with Crippen molar-refractivity contribution < 1.29 is 18.0 Å². The third-order valence-electron chi connectivity index (χ3n) is 9.98. The quantitative estimate of drug-likeness (QED) is 0.473. The Balaban J connectivity index is 1.10. The SMILES string of the molecule is O=C(c1cnn2c1N[C@H](c1ccc(Br)cc1)C[C@H]2C(F)(F)F)N1CCN(C23CC4CC(CC(C4)C2)C3)CC1. The lowest BCUT2D eigenvalue weighted by Gasteiger charge is -2.61. The highest BCUT2D eigenvalue weighted by atomic mass is 79.9. The zero-order valence-corrected chi connectivity index (χ0v) is 22.8. The van der Waals surface area contributed by atoms with Gasteiger partial charge in [0.15, 0.2) is 6.04 Å². The van der Waals surface area contributed by atoms with Crippen LogP contribution in [0.3, 0.4) is 0 Å². The van der Waals surface area contributed by atoms with E-state index < -0.39 is 18.3 Å². The molecule has 2 atom stereocenters. The first-order chi connectivity index (χ1) is 18.2. The molecule has 5 fully saturated rings. The van der Waals surface area contributed by atoms with E-state index in [1.165, 1.54) is 44.7 Å². The molecular formula is C28H33BrF3N5O. The second kappa shape index (κ2) is 8.98. The average Bonchev–Trinajstić information content (AvgIpc) is 3.31. The van der Waals surface area contributed by atoms with Crippen LogP contribution >= 0.6 is 15.9 Å². The molecule has 4 saturated carbocycles. The first-order valence-electron chi connectivity index (χ1n) is 13.9. The van der Waals surface area contributed by atoms with Crippen LogP contribution in [0.4, 0.5) is 19.0 Å². The molecule has 0 radical (unpaired) electrons. The van der Waals surface area contributed by atoms with Crippen molar-refractivity contribution >= 4 is 27.7 Å². The maximum atomic E-state index is 14.1. The van der Waals surface area contributed by atoms with E-state index in [2.05, 4.69) is 31.2 Å². The summed E-state index contributed by atoms with van der Waals surface area (Å²) in [7, 11) is 0. The highest BCUT2D eigenvalue weighted by Crippen LogP contribution is 2.58. The summed E-state index contributed by atoms with van der Waals surface area (Å²) in [5.41, 5.74) is 1.28. The van der Waals surface area contributed by atoms with Gasteiger partial charge in [0, 0.05) is 42.6 Å². The van der Waals surface area contributed by atoms with Crippen molar-refractivity contribution in [2.45, 2.75) is 68.7 Å². The summed E-state index contributed by atoms with van der Waals surface area (Å²) >= 11 is 3.39. The zero-order chi connectivity index (χ0) is 26.2. The number of benzene rings is 1. The van der Waals surface area contributed by atoms with Gasteiger partial charge in [0.25, 0.3) is 5.91 Å². The molecule has 1 aromatic heterocycles. The third-order valence-corrected chi connectivity index (χ3v) is 10.5. The fourth-order valence-electron chi connectivity index (χ4n) is 8.64. The summed E-state index contributed by atoms with van der Waals surface area (Å²) in [6, 6.07) is 4.90. The number of hydrogen-bond donors (Lipinski definition) is 1. The number of nitrogens with zero attached hydrogens (tertiary/aromatic N) is 4. The number of alkyl halides is 3. The van der Waals surface area contributed by atoms with E-state index in [9.17, 15) is 18.0 Å². The molecule has 1 saturated heterocycles. The summed E-state index contributed by atoms with van der Waals surface area (Å²) in [5.74, 6) is 2.53. The van der Waals surface area contributed by atoms with Crippen LogP contribution < -0.4 is 5.32 Å². The summed E-state index contributed by atoms with van der Waals surface area (Å²) in [6.45, 7) is 2.87. The molecule has 2 aliphatic heterocycles. The average molecular weight is 593 g/mol. The number of halogens is 4. The summed E-state index contributed by atoms with van der Waals surface area (Å²) in [6.07, 6.45) is 4.75. The molecule has 0 spiro atoms. The number of fused-ring (bicyclic) bond motifs is 1. The predicted molar refractivity (Wildman–Crippen MR) is 141 cm³/mol. The smallest absolute Gasteiger partial charge is 0.363 e. The second-order valence-electron chi connectivity index (χ2n) is 12.3. The molecule has 6 nitrogen and oxygen atoms in total. The van der Waals surface area contributed by atoms with Gasteiger partial charge in [-0.2, -0.15) is 18.3 Å². The summed E-state index contributed by atoms with van der Waals surface area (Å²) < 4.78 is 44.1. The van der Waals surface area contributed by atoms with Gasteiger partial charge in [0.05, 0.1) is 12.2 Å². The standard InChI is InChI=1S/C28H33BrF3N5O/c29-21-3-1-20(2-4-21)23-12-24(28(30,31)32)37-25(34-23)22(16-33-37)26(38)35-5-7-36(8-6-35)27-13-17-9-18(14-27)11-19(10-17)15-27/h1-4,16-19,23-24,34H,5-15H2/t17?,18?,19?,23-,24-,27?/m0/s1. The zero-order valence-electron chi connectivity index (χ0n) is 21.3. The van der Waals surface area contributed by atoms with Crippen molar-refractivity contribution in [3.63, 3.8) is 0 Å². The first-order valence-corrected chi connectivity index (χ1v) is 14.7. The van der Waals surface area contributed by atoms with Gasteiger partial charge in [-0.15, -0.1) is 0 Å². The van der Waals surface area contributed by atoms with Gasteiger partial charge >= 0.3 is 6.18 Å². The number of anilines is 1. The van der Waals surface area contributed by atoms with E-state index in [1.807, 2.05) is 29.2 Å². The highest BCUT2D eigenvalue weighted by molar-refractivity contribution is 9.10. The van der Waals surface area contributed by atoms with Crippen molar-refractivity contribution in [2.75, 3.05) is 31.5 Å². The summed E-state index contributed by atoms with van der Waals surface area (Å²) in [4.78, 5) is 18.1. The molecule has 0 unspecified atom stereocenters. The van der Waals surface area contributed by atoms with Crippen molar-refractivity contribution in [2.24, 2.45) is 17.8 Å². The molecule has 2 aromatic rings. The van der Waals surface area contributed by atoms with Gasteiger partial charge in [-0.25, -0.2) is 4.68 Å². The number of hydrogen-bond acceptors (Lipinski definition) is 4. The van der Waals surface area contributed by atoms with E-state index >= 15 is 0 Å². The third kappa shape index (κ3) is 4.17. The molecule has 6 aliphatic rings. The molecular weight excluding hydrogens is 559 g/mol. The Hall–Kier alpha value is -2.07. The number of piperazine rings is 1. The lowest BCUT2D eigenvalue weighted by Crippen LogP contribution is -2.64. The molecule has 8 rings (SSSR count). The van der Waals surface area contributed by atoms with Crippen molar-refractivity contribution in [3.8, 4) is 0 Å². The number of carbonyl (C=O) groups is 1. The molecule has 4 bridgehead atoms. The van der Waals surface area contributed by atoms with Crippen LogP contribution in [0.2, 0.25) is 0 Å². The lowest BCUT2D eigenvalue weighted by atomic mass is 9.52. The van der Waals surface area contributed by atoms with Crippen LogP contribution in [0.25, 0.3) is 0 Å². The first kappa shape index (κ1) is 24.9. The minimum absolute atomic E-state index is 0.167. The molecule has 4 aliphatic carbocycles. The normalized spacial score (nSPS) is 34.7. The van der Waals surface area contributed by atoms with Gasteiger partial charge in [0.2, 0.25) is 0 Å². The van der Waals surface area contributed by atoms with Crippen molar-refractivity contribution in [3.05, 3.63) is 46.1 Å². The van der Waals surface area contributed by atoms with Crippen LogP contribution in [0.1, 0.15) is 73.0 Å². The largest absolute Gasteiger partial charge is 0.410 e. The molecule has 3 heterocycles. The van der Waals surface area contributed by atoms with Crippen LogP contribution in [-0.2, 0) is 0 Å². The topological polar surface area (TPSA) is 53.4 Å². The highest BCUT2D eigenvalue weighted by Gasteiger charge is 2.54.